The molecule has 5 rings (SSSR count). The molecular weight excluding hydrogens is 706 g/mol. The zero-order valence-electron chi connectivity index (χ0n) is 30.2. The number of nitrogens with one attached hydrogen (secondary N) is 3. The van der Waals surface area contributed by atoms with Crippen molar-refractivity contribution in [2.75, 3.05) is 32.8 Å². The molecule has 3 heterocycles. The van der Waals surface area contributed by atoms with E-state index in [9.17, 15) is 29.0 Å². The van der Waals surface area contributed by atoms with Crippen molar-refractivity contribution in [1.82, 2.24) is 16.2 Å². The molecule has 0 aromatic heterocycles. The van der Waals surface area contributed by atoms with Gasteiger partial charge in [-0.25, -0.2) is 4.39 Å². The predicted octanol–water partition coefficient (Wildman–Crippen LogP) is -0.223. The van der Waals surface area contributed by atoms with E-state index < -0.39 is 91.6 Å². The Bertz CT molecular complexity index is 1110. The molecule has 0 aromatic carbocycles. The Morgan fingerprint density at radius 2 is 1.87 bits per heavy atom. The average Bonchev–Trinajstić information content (AvgIpc) is 3.50. The summed E-state index contributed by atoms with van der Waals surface area (Å²) in [6.07, 6.45) is -1.18. The summed E-state index contributed by atoms with van der Waals surface area (Å²) in [6, 6.07) is -1.92. The largest absolute Gasteiger partial charge is 0.394 e. The number of carbonyl (C=O) groups is 1. The van der Waals surface area contributed by atoms with Crippen molar-refractivity contribution >= 4 is 17.9 Å². The molecule has 5 aliphatic rings. The van der Waals surface area contributed by atoms with E-state index in [1.54, 1.807) is 0 Å². The van der Waals surface area contributed by atoms with E-state index in [1.807, 2.05) is 0 Å². The maximum atomic E-state index is 14.1. The zero-order chi connectivity index (χ0) is 37.4. The average molecular weight is 769 g/mol. The summed E-state index contributed by atoms with van der Waals surface area (Å²) in [4.78, 5) is 12.8. The minimum Gasteiger partial charge on any atom is -0.394 e. The molecule has 2 aliphatic carbocycles. The van der Waals surface area contributed by atoms with Gasteiger partial charge in [-0.2, -0.15) is 5.54 Å². The first-order valence-electron chi connectivity index (χ1n) is 19.1. The molecule has 12 N–H and O–H groups in total. The first-order chi connectivity index (χ1) is 25.0. The lowest BCUT2D eigenvalue weighted by atomic mass is 9.53. The third kappa shape index (κ3) is 10.1. The van der Waals surface area contributed by atoms with Gasteiger partial charge in [0.15, 0.2) is 6.29 Å². The van der Waals surface area contributed by atoms with Gasteiger partial charge in [-0.15, -0.1) is 4.48 Å². The zero-order valence-corrected chi connectivity index (χ0v) is 31.0. The second-order valence-corrected chi connectivity index (χ2v) is 16.2. The number of amides is 1. The number of nitrogens with two attached hydrogens (primary N) is 3. The predicted molar refractivity (Wildman–Crippen MR) is 189 cm³/mol. The highest BCUT2D eigenvalue weighted by atomic mass is 32.2. The van der Waals surface area contributed by atoms with E-state index in [2.05, 4.69) is 17.6 Å². The van der Waals surface area contributed by atoms with Crippen LogP contribution in [0.1, 0.15) is 77.6 Å². The lowest BCUT2D eigenvalue weighted by Gasteiger charge is -2.56. The Balaban J connectivity index is 1.32. The Morgan fingerprint density at radius 1 is 1.08 bits per heavy atom. The van der Waals surface area contributed by atoms with Gasteiger partial charge in [0.2, 0.25) is 5.91 Å². The molecular formula is C34H62F2N6O9S. The van der Waals surface area contributed by atoms with Crippen LogP contribution in [0, 0.1) is 11.3 Å². The molecule has 0 bridgehead atoms. The molecule has 8 unspecified atom stereocenters. The molecule has 302 valence electrons. The van der Waals surface area contributed by atoms with Crippen LogP contribution in [0.2, 0.25) is 0 Å². The number of hydrogen-bond acceptors (Lipinski definition) is 15. The summed E-state index contributed by atoms with van der Waals surface area (Å²) >= 11 is 1.31. The third-order valence-electron chi connectivity index (χ3n) is 11.7. The van der Waals surface area contributed by atoms with Crippen molar-refractivity contribution in [2.45, 2.75) is 162 Å². The molecule has 5 fully saturated rings. The molecule has 52 heavy (non-hydrogen) atoms. The smallest absolute Gasteiger partial charge is 0.223 e. The summed E-state index contributed by atoms with van der Waals surface area (Å²) in [5.74, 6) is -0.719. The first kappa shape index (κ1) is 42.3. The normalized spacial score (nSPS) is 41.3. The number of hydrogen-bond donors (Lipinski definition) is 9. The van der Waals surface area contributed by atoms with E-state index in [4.69, 9.17) is 40.3 Å². The molecule has 0 aromatic rings. The fourth-order valence-electron chi connectivity index (χ4n) is 8.76. The van der Waals surface area contributed by atoms with Gasteiger partial charge in [0.25, 0.3) is 0 Å². The lowest BCUT2D eigenvalue weighted by molar-refractivity contribution is -0.274. The second-order valence-electron chi connectivity index (χ2n) is 15.3. The Kier molecular flexibility index (Phi) is 16.1. The summed E-state index contributed by atoms with van der Waals surface area (Å²) in [5.41, 5.74) is 19.5. The standard InChI is InChI=1S/C34H62F2N6O9S/c1-2-9-40-16-20-5-3-6-28(47-20)52-51-32-21(11-19(12-22(32)38)42-27(44)10-18(35)15-41-36)34(7-4-8-34)26-13-23(25(17-43)48-26)49-33-29(39)31(46)30(45)24(14-37)50-33/h18-26,28-33,40-41,43,45-46H,2-17,37-39H2,1H3,(H,42,44)/t18?,19?,20?,21?,22?,23-,24-,25?,26?,28+,29+,30+,31?,32-,33-/m0/s1. The quantitative estimate of drug-likeness (QED) is 0.0498. The fourth-order valence-corrected chi connectivity index (χ4v) is 9.75. The second kappa shape index (κ2) is 19.8. The van der Waals surface area contributed by atoms with E-state index >= 15 is 0 Å². The number of alkyl halides is 1. The lowest BCUT2D eigenvalue weighted by Crippen LogP contribution is -2.63. The van der Waals surface area contributed by atoms with Gasteiger partial charge in [-0.3, -0.25) is 4.79 Å². The topological polar surface area (TPSA) is 238 Å². The fraction of sp³-hybridized carbons (Fsp3) is 0.971. The van der Waals surface area contributed by atoms with Gasteiger partial charge in [0, 0.05) is 49.1 Å². The Hall–Kier alpha value is -0.840. The summed E-state index contributed by atoms with van der Waals surface area (Å²) < 4.78 is 58.4. The van der Waals surface area contributed by atoms with Crippen LogP contribution in [0.4, 0.5) is 8.87 Å². The molecule has 15 nitrogen and oxygen atoms in total. The number of aliphatic hydroxyl groups is 3. The van der Waals surface area contributed by atoms with Crippen molar-refractivity contribution < 1.29 is 52.1 Å². The highest BCUT2D eigenvalue weighted by Crippen LogP contribution is 2.58. The van der Waals surface area contributed by atoms with E-state index in [0.29, 0.717) is 19.3 Å². The number of ether oxygens (including phenoxy) is 4. The Labute approximate surface area is 309 Å². The van der Waals surface area contributed by atoms with Crippen LogP contribution >= 0.6 is 12.0 Å². The number of rotatable bonds is 18. The maximum absolute atomic E-state index is 14.1. The monoisotopic (exact) mass is 768 g/mol. The van der Waals surface area contributed by atoms with E-state index in [0.717, 1.165) is 58.0 Å². The third-order valence-corrected chi connectivity index (χ3v) is 12.6. The highest BCUT2D eigenvalue weighted by Gasteiger charge is 2.60. The van der Waals surface area contributed by atoms with Crippen LogP contribution in [0.25, 0.3) is 0 Å². The van der Waals surface area contributed by atoms with Gasteiger partial charge in [0.1, 0.15) is 36.0 Å². The van der Waals surface area contributed by atoms with Gasteiger partial charge in [0.05, 0.1) is 50.0 Å². The minimum atomic E-state index is -1.68. The maximum Gasteiger partial charge on any atom is 0.223 e. The summed E-state index contributed by atoms with van der Waals surface area (Å²) in [7, 11) is 0. The van der Waals surface area contributed by atoms with Crippen LogP contribution in [0.15, 0.2) is 0 Å². The van der Waals surface area contributed by atoms with Crippen molar-refractivity contribution in [3.05, 3.63) is 0 Å². The summed E-state index contributed by atoms with van der Waals surface area (Å²) in [6.45, 7) is 2.86. The van der Waals surface area contributed by atoms with Crippen LogP contribution in [-0.2, 0) is 27.9 Å². The molecule has 0 radical (unpaired) electrons. The van der Waals surface area contributed by atoms with Crippen molar-refractivity contribution in [3.8, 4) is 0 Å². The van der Waals surface area contributed by atoms with Gasteiger partial charge >= 0.3 is 0 Å². The highest BCUT2D eigenvalue weighted by molar-refractivity contribution is 7.95. The van der Waals surface area contributed by atoms with Gasteiger partial charge in [-0.05, 0) is 63.8 Å². The molecule has 3 saturated heterocycles. The summed E-state index contributed by atoms with van der Waals surface area (Å²) in [5, 5.41) is 37.7. The number of aliphatic hydroxyl groups excluding tert-OH is 3. The van der Waals surface area contributed by atoms with Crippen LogP contribution < -0.4 is 33.4 Å². The number of carbonyl (C=O) groups excluding carboxylic acids is 1. The molecule has 2 saturated carbocycles. The van der Waals surface area contributed by atoms with Gasteiger partial charge in [-0.1, -0.05) is 13.3 Å². The van der Waals surface area contributed by atoms with E-state index in [-0.39, 0.29) is 36.7 Å². The Morgan fingerprint density at radius 3 is 2.54 bits per heavy atom. The first-order valence-corrected chi connectivity index (χ1v) is 19.9. The van der Waals surface area contributed by atoms with Crippen LogP contribution in [-0.4, -0.2) is 139 Å². The molecule has 1 amide bonds. The number of halogens is 2. The van der Waals surface area contributed by atoms with E-state index in [1.165, 1.54) is 17.6 Å². The van der Waals surface area contributed by atoms with Gasteiger partial charge < -0.3 is 66.3 Å². The molecule has 3 aliphatic heterocycles. The van der Waals surface area contributed by atoms with Crippen LogP contribution in [0.3, 0.4) is 0 Å². The molecule has 18 heteroatoms. The van der Waals surface area contributed by atoms with Crippen molar-refractivity contribution in [2.24, 2.45) is 28.5 Å². The SMILES string of the molecule is CCCNCC1CCC[C@@H](SO[C@@H]2C(N)CC(NC(=O)CC(F)CNF)CC2C2(C3C[C@H](O[C@H]4O[C@@H](CN)[C@@H](O)C(O)[C@H]4N)C(CO)O3)CCC2)O1. The molecule has 15 atom stereocenters. The minimum absolute atomic E-state index is 0.0544. The van der Waals surface area contributed by atoms with Crippen LogP contribution in [0.5, 0.6) is 0 Å². The molecule has 0 spiro atoms. The van der Waals surface area contributed by atoms with Crippen molar-refractivity contribution in [3.63, 3.8) is 0 Å². The van der Waals surface area contributed by atoms with Crippen molar-refractivity contribution in [1.29, 1.82) is 0 Å².